The average Bonchev–Trinajstić information content (AvgIpc) is 2.31. The normalized spacial score (nSPS) is 31.1. The largest absolute Gasteiger partial charge is 0.379 e. The summed E-state index contributed by atoms with van der Waals surface area (Å²) in [6, 6.07) is 0. The first-order valence-electron chi connectivity index (χ1n) is 5.70. The van der Waals surface area contributed by atoms with Gasteiger partial charge in [0.2, 0.25) is 0 Å². The van der Waals surface area contributed by atoms with Crippen LogP contribution in [0.3, 0.4) is 0 Å². The predicted molar refractivity (Wildman–Crippen MR) is 65.2 cm³/mol. The van der Waals surface area contributed by atoms with Crippen molar-refractivity contribution in [3.05, 3.63) is 0 Å². The van der Waals surface area contributed by atoms with Crippen LogP contribution >= 0.6 is 15.9 Å². The molecule has 0 radical (unpaired) electrons. The molecule has 1 atom stereocenters. The minimum absolute atomic E-state index is 0.266. The van der Waals surface area contributed by atoms with Gasteiger partial charge in [-0.05, 0) is 13.3 Å². The highest BCUT2D eigenvalue weighted by Gasteiger charge is 2.24. The Hall–Kier alpha value is 0.320. The van der Waals surface area contributed by atoms with Gasteiger partial charge in [-0.1, -0.05) is 15.9 Å². The third-order valence-corrected chi connectivity index (χ3v) is 3.50. The van der Waals surface area contributed by atoms with Gasteiger partial charge >= 0.3 is 0 Å². The second-order valence-corrected chi connectivity index (χ2v) is 4.62. The van der Waals surface area contributed by atoms with Crippen molar-refractivity contribution in [2.45, 2.75) is 18.9 Å². The zero-order valence-corrected chi connectivity index (χ0v) is 11.5. The summed E-state index contributed by atoms with van der Waals surface area (Å²) in [4.78, 5) is 0. The van der Waals surface area contributed by atoms with E-state index < -0.39 is 0 Å². The number of rotatable bonds is 1. The molecule has 0 spiro atoms. The summed E-state index contributed by atoms with van der Waals surface area (Å²) in [5.74, 6) is 0. The summed E-state index contributed by atoms with van der Waals surface area (Å²) >= 11 is 3.45. The fourth-order valence-corrected chi connectivity index (χ4v) is 1.66. The molecule has 0 aromatic rings. The lowest BCUT2D eigenvalue weighted by molar-refractivity contribution is -0.0849. The monoisotopic (exact) mass is 296 g/mol. The number of hydrogen-bond donors (Lipinski definition) is 0. The van der Waals surface area contributed by atoms with E-state index in [9.17, 15) is 0 Å². The fourth-order valence-electron chi connectivity index (χ4n) is 1.34. The van der Waals surface area contributed by atoms with Crippen molar-refractivity contribution in [2.75, 3.05) is 51.6 Å². The lowest BCUT2D eigenvalue weighted by atomic mass is 10.1. The molecule has 0 aromatic heterocycles. The van der Waals surface area contributed by atoms with Gasteiger partial charge < -0.3 is 18.9 Å². The zero-order chi connectivity index (χ0) is 11.7. The highest BCUT2D eigenvalue weighted by molar-refractivity contribution is 9.09. The van der Waals surface area contributed by atoms with Crippen LogP contribution in [0.1, 0.15) is 13.3 Å². The predicted octanol–water partition coefficient (Wildman–Crippen LogP) is 1.61. The maximum Gasteiger partial charge on any atom is 0.0984 e. The Morgan fingerprint density at radius 3 is 2.31 bits per heavy atom. The Balaban J connectivity index is 2.32. The van der Waals surface area contributed by atoms with Gasteiger partial charge in [0.15, 0.2) is 0 Å². The van der Waals surface area contributed by atoms with Gasteiger partial charge in [-0.25, -0.2) is 0 Å². The summed E-state index contributed by atoms with van der Waals surface area (Å²) in [6.45, 7) is 6.56. The molecule has 96 valence electrons. The topological polar surface area (TPSA) is 36.9 Å². The number of halogens is 1. The molecular weight excluding hydrogens is 276 g/mol. The summed E-state index contributed by atoms with van der Waals surface area (Å²) in [5.41, 5.74) is -0.266. The molecule has 4 nitrogen and oxygen atoms in total. The first-order valence-corrected chi connectivity index (χ1v) is 6.82. The van der Waals surface area contributed by atoms with Gasteiger partial charge in [0.25, 0.3) is 0 Å². The number of hydrogen-bond acceptors (Lipinski definition) is 4. The quantitative estimate of drug-likeness (QED) is 0.689. The van der Waals surface area contributed by atoms with E-state index in [2.05, 4.69) is 15.9 Å². The maximum absolute atomic E-state index is 5.75. The van der Waals surface area contributed by atoms with Crippen molar-refractivity contribution in [2.24, 2.45) is 0 Å². The van der Waals surface area contributed by atoms with E-state index in [1.54, 1.807) is 0 Å². The molecule has 0 N–H and O–H groups in total. The van der Waals surface area contributed by atoms with Crippen LogP contribution in [0.5, 0.6) is 0 Å². The number of ether oxygens (including phenoxy) is 4. The summed E-state index contributed by atoms with van der Waals surface area (Å²) in [7, 11) is 0. The molecule has 0 saturated carbocycles. The van der Waals surface area contributed by atoms with Crippen LogP contribution in [-0.4, -0.2) is 57.2 Å². The van der Waals surface area contributed by atoms with Crippen molar-refractivity contribution in [1.82, 2.24) is 0 Å². The van der Waals surface area contributed by atoms with Crippen LogP contribution in [0, 0.1) is 0 Å². The highest BCUT2D eigenvalue weighted by atomic mass is 79.9. The molecule has 1 rings (SSSR count). The molecule has 16 heavy (non-hydrogen) atoms. The molecular formula is C11H21BrO4. The molecule has 0 amide bonds. The lowest BCUT2D eigenvalue weighted by Gasteiger charge is -2.27. The van der Waals surface area contributed by atoms with Gasteiger partial charge in [0, 0.05) is 18.5 Å². The molecule has 5 heteroatoms. The SMILES string of the molecule is CC1(CBr)COCCCOCCOCCO1. The van der Waals surface area contributed by atoms with Crippen LogP contribution < -0.4 is 0 Å². The van der Waals surface area contributed by atoms with E-state index in [4.69, 9.17) is 18.9 Å². The van der Waals surface area contributed by atoms with E-state index >= 15 is 0 Å². The molecule has 0 aromatic carbocycles. The third kappa shape index (κ3) is 6.15. The molecule has 0 aliphatic carbocycles. The van der Waals surface area contributed by atoms with Gasteiger partial charge in [0.05, 0.1) is 38.6 Å². The van der Waals surface area contributed by atoms with E-state index in [1.165, 1.54) is 0 Å². The van der Waals surface area contributed by atoms with Crippen LogP contribution in [0.15, 0.2) is 0 Å². The van der Waals surface area contributed by atoms with Crippen molar-refractivity contribution in [3.8, 4) is 0 Å². The Kier molecular flexibility index (Phi) is 7.56. The van der Waals surface area contributed by atoms with Crippen LogP contribution in [0.2, 0.25) is 0 Å². The minimum Gasteiger partial charge on any atom is -0.379 e. The molecule has 1 saturated heterocycles. The fraction of sp³-hybridized carbons (Fsp3) is 1.00. The number of alkyl halides is 1. The standard InChI is InChI=1S/C11H21BrO4/c1-11(9-12)10-15-4-2-3-13-5-6-14-7-8-16-11/h2-10H2,1H3. The first-order chi connectivity index (χ1) is 7.77. The second-order valence-electron chi connectivity index (χ2n) is 4.06. The van der Waals surface area contributed by atoms with Gasteiger partial charge in [-0.3, -0.25) is 0 Å². The molecule has 1 aliphatic rings. The maximum atomic E-state index is 5.75. The summed E-state index contributed by atoms with van der Waals surface area (Å²) in [6.07, 6.45) is 0.915. The third-order valence-electron chi connectivity index (χ3n) is 2.32. The Morgan fingerprint density at radius 2 is 1.56 bits per heavy atom. The molecule has 1 fully saturated rings. The second kappa shape index (κ2) is 8.42. The average molecular weight is 297 g/mol. The molecule has 1 unspecified atom stereocenters. The van der Waals surface area contributed by atoms with Crippen molar-refractivity contribution < 1.29 is 18.9 Å². The Bertz CT molecular complexity index is 163. The Morgan fingerprint density at radius 1 is 0.938 bits per heavy atom. The van der Waals surface area contributed by atoms with Gasteiger partial charge in [-0.15, -0.1) is 0 Å². The van der Waals surface area contributed by atoms with Crippen LogP contribution in [0.25, 0.3) is 0 Å². The van der Waals surface area contributed by atoms with Crippen molar-refractivity contribution in [3.63, 3.8) is 0 Å². The molecule has 1 aliphatic heterocycles. The van der Waals surface area contributed by atoms with Gasteiger partial charge in [-0.2, -0.15) is 0 Å². The zero-order valence-electron chi connectivity index (χ0n) is 9.87. The summed E-state index contributed by atoms with van der Waals surface area (Å²) in [5, 5.41) is 0.760. The van der Waals surface area contributed by atoms with E-state index in [0.717, 1.165) is 18.4 Å². The first kappa shape index (κ1) is 14.4. The van der Waals surface area contributed by atoms with E-state index in [-0.39, 0.29) is 5.60 Å². The Labute approximate surface area is 106 Å². The van der Waals surface area contributed by atoms with E-state index in [1.807, 2.05) is 6.92 Å². The minimum atomic E-state index is -0.266. The molecule has 1 heterocycles. The van der Waals surface area contributed by atoms with Crippen LogP contribution in [0.4, 0.5) is 0 Å². The molecule has 0 bridgehead atoms. The van der Waals surface area contributed by atoms with Crippen molar-refractivity contribution >= 4 is 15.9 Å². The summed E-state index contributed by atoms with van der Waals surface area (Å²) < 4.78 is 22.1. The van der Waals surface area contributed by atoms with Crippen molar-refractivity contribution in [1.29, 1.82) is 0 Å². The van der Waals surface area contributed by atoms with Gasteiger partial charge in [0.1, 0.15) is 0 Å². The van der Waals surface area contributed by atoms with Crippen LogP contribution in [-0.2, 0) is 18.9 Å². The van der Waals surface area contributed by atoms with E-state index in [0.29, 0.717) is 39.6 Å². The highest BCUT2D eigenvalue weighted by Crippen LogP contribution is 2.14. The lowest BCUT2D eigenvalue weighted by Crippen LogP contribution is -2.37. The smallest absolute Gasteiger partial charge is 0.0984 e.